The van der Waals surface area contributed by atoms with Crippen molar-refractivity contribution in [3.05, 3.63) is 71.3 Å². The van der Waals surface area contributed by atoms with Crippen molar-refractivity contribution >= 4 is 5.91 Å². The van der Waals surface area contributed by atoms with Crippen LogP contribution in [0.2, 0.25) is 0 Å². The Balaban J connectivity index is 1.78. The Morgan fingerprint density at radius 2 is 1.83 bits per heavy atom. The molecule has 0 saturated carbocycles. The van der Waals surface area contributed by atoms with Crippen LogP contribution >= 0.6 is 0 Å². The summed E-state index contributed by atoms with van der Waals surface area (Å²) in [6.07, 6.45) is 1.60. The second-order valence-corrected chi connectivity index (χ2v) is 7.03. The predicted octanol–water partition coefficient (Wildman–Crippen LogP) is 4.64. The van der Waals surface area contributed by atoms with Crippen molar-refractivity contribution in [1.82, 2.24) is 4.90 Å². The molecular weight excluding hydrogens is 282 g/mol. The highest BCUT2D eigenvalue weighted by Gasteiger charge is 2.38. The third kappa shape index (κ3) is 3.17. The van der Waals surface area contributed by atoms with Gasteiger partial charge in [-0.25, -0.2) is 0 Å². The minimum atomic E-state index is -0.0456. The van der Waals surface area contributed by atoms with Gasteiger partial charge in [-0.3, -0.25) is 4.79 Å². The zero-order valence-electron chi connectivity index (χ0n) is 14.3. The van der Waals surface area contributed by atoms with Crippen molar-refractivity contribution in [2.45, 2.75) is 45.1 Å². The molecule has 2 aromatic rings. The van der Waals surface area contributed by atoms with Crippen molar-refractivity contribution in [1.29, 1.82) is 0 Å². The predicted molar refractivity (Wildman–Crippen MR) is 94.3 cm³/mol. The van der Waals surface area contributed by atoms with Gasteiger partial charge < -0.3 is 4.90 Å². The highest BCUT2D eigenvalue weighted by Crippen LogP contribution is 2.38. The smallest absolute Gasteiger partial charge is 0.223 e. The van der Waals surface area contributed by atoms with Crippen LogP contribution in [0.15, 0.2) is 54.6 Å². The van der Waals surface area contributed by atoms with Crippen molar-refractivity contribution in [3.8, 4) is 0 Å². The molecule has 1 heterocycles. The summed E-state index contributed by atoms with van der Waals surface area (Å²) < 4.78 is 0. The van der Waals surface area contributed by atoms with Crippen molar-refractivity contribution < 1.29 is 4.79 Å². The standard InChI is InChI=1S/C21H25NO/c1-16-8-7-11-19(14-16)21(3)12-13-22(20(23)15-21)17(2)18-9-5-4-6-10-18/h4-11,14,17H,12-13,15H2,1-3H3/t17-,21?/m0/s1. The Morgan fingerprint density at radius 3 is 2.48 bits per heavy atom. The van der Waals surface area contributed by atoms with Gasteiger partial charge in [-0.1, -0.05) is 67.1 Å². The lowest BCUT2D eigenvalue weighted by atomic mass is 9.73. The summed E-state index contributed by atoms with van der Waals surface area (Å²) >= 11 is 0. The fourth-order valence-electron chi connectivity index (χ4n) is 3.60. The number of carbonyl (C=O) groups is 1. The van der Waals surface area contributed by atoms with E-state index in [0.29, 0.717) is 6.42 Å². The lowest BCUT2D eigenvalue weighted by Gasteiger charge is -2.42. The molecule has 1 aliphatic rings. The Bertz CT molecular complexity index is 694. The zero-order chi connectivity index (χ0) is 16.4. The average molecular weight is 307 g/mol. The highest BCUT2D eigenvalue weighted by molar-refractivity contribution is 5.79. The first kappa shape index (κ1) is 15.8. The minimum Gasteiger partial charge on any atom is -0.336 e. The number of benzene rings is 2. The van der Waals surface area contributed by atoms with Crippen LogP contribution in [0.1, 0.15) is 49.4 Å². The minimum absolute atomic E-state index is 0.0456. The maximum Gasteiger partial charge on any atom is 0.223 e. The second-order valence-electron chi connectivity index (χ2n) is 7.03. The molecule has 2 atom stereocenters. The number of aryl methyl sites for hydroxylation is 1. The van der Waals surface area contributed by atoms with Crippen LogP contribution in [-0.2, 0) is 10.2 Å². The van der Waals surface area contributed by atoms with E-state index in [2.05, 4.69) is 57.2 Å². The van der Waals surface area contributed by atoms with Crippen LogP contribution < -0.4 is 0 Å². The fourth-order valence-corrected chi connectivity index (χ4v) is 3.60. The molecule has 2 heteroatoms. The Labute approximate surface area is 139 Å². The number of piperidine rings is 1. The molecule has 1 fully saturated rings. The zero-order valence-corrected chi connectivity index (χ0v) is 14.3. The number of nitrogens with zero attached hydrogens (tertiary/aromatic N) is 1. The monoisotopic (exact) mass is 307 g/mol. The second kappa shape index (κ2) is 6.19. The van der Waals surface area contributed by atoms with Crippen molar-refractivity contribution in [2.75, 3.05) is 6.54 Å². The van der Waals surface area contributed by atoms with Gasteiger partial charge in [0.05, 0.1) is 6.04 Å². The number of hydrogen-bond acceptors (Lipinski definition) is 1. The largest absolute Gasteiger partial charge is 0.336 e. The molecule has 0 bridgehead atoms. The van der Waals surface area contributed by atoms with Gasteiger partial charge in [0.25, 0.3) is 0 Å². The third-order valence-corrected chi connectivity index (χ3v) is 5.23. The first-order valence-corrected chi connectivity index (χ1v) is 8.41. The van der Waals surface area contributed by atoms with Gasteiger partial charge in [-0.05, 0) is 31.4 Å². The van der Waals surface area contributed by atoms with E-state index in [-0.39, 0.29) is 17.4 Å². The number of carbonyl (C=O) groups excluding carboxylic acids is 1. The molecule has 2 nitrogen and oxygen atoms in total. The molecule has 3 rings (SSSR count). The summed E-state index contributed by atoms with van der Waals surface area (Å²) in [5, 5.41) is 0. The lowest BCUT2D eigenvalue weighted by Crippen LogP contribution is -2.46. The van der Waals surface area contributed by atoms with Gasteiger partial charge in [0.15, 0.2) is 0 Å². The van der Waals surface area contributed by atoms with Gasteiger partial charge in [-0.2, -0.15) is 0 Å². The first-order valence-electron chi connectivity index (χ1n) is 8.41. The summed E-state index contributed by atoms with van der Waals surface area (Å²) in [6, 6.07) is 19.0. The normalized spacial score (nSPS) is 22.9. The number of amides is 1. The third-order valence-electron chi connectivity index (χ3n) is 5.23. The summed E-state index contributed by atoms with van der Waals surface area (Å²) in [5.41, 5.74) is 3.71. The van der Waals surface area contributed by atoms with E-state index < -0.39 is 0 Å². The molecule has 2 aromatic carbocycles. The summed E-state index contributed by atoms with van der Waals surface area (Å²) in [6.45, 7) is 7.29. The summed E-state index contributed by atoms with van der Waals surface area (Å²) in [7, 11) is 0. The Morgan fingerprint density at radius 1 is 1.09 bits per heavy atom. The van der Waals surface area contributed by atoms with Gasteiger partial charge in [0.1, 0.15) is 0 Å². The molecule has 1 saturated heterocycles. The number of hydrogen-bond donors (Lipinski definition) is 0. The van der Waals surface area contributed by atoms with Gasteiger partial charge in [0, 0.05) is 18.4 Å². The average Bonchev–Trinajstić information content (AvgIpc) is 2.55. The van der Waals surface area contributed by atoms with E-state index in [1.54, 1.807) is 0 Å². The van der Waals surface area contributed by atoms with Crippen LogP contribution in [0, 0.1) is 6.92 Å². The van der Waals surface area contributed by atoms with Crippen LogP contribution in [0.4, 0.5) is 0 Å². The lowest BCUT2D eigenvalue weighted by molar-refractivity contribution is -0.138. The molecule has 1 amide bonds. The molecular formula is C21H25NO. The molecule has 0 spiro atoms. The molecule has 1 aliphatic heterocycles. The summed E-state index contributed by atoms with van der Waals surface area (Å²) in [5.74, 6) is 0.261. The summed E-state index contributed by atoms with van der Waals surface area (Å²) in [4.78, 5) is 14.8. The van der Waals surface area contributed by atoms with E-state index in [9.17, 15) is 4.79 Å². The van der Waals surface area contributed by atoms with Gasteiger partial charge in [-0.15, -0.1) is 0 Å². The molecule has 1 unspecified atom stereocenters. The van der Waals surface area contributed by atoms with E-state index in [1.807, 2.05) is 23.1 Å². The molecule has 120 valence electrons. The van der Waals surface area contributed by atoms with Crippen molar-refractivity contribution in [2.24, 2.45) is 0 Å². The van der Waals surface area contributed by atoms with Gasteiger partial charge in [0.2, 0.25) is 5.91 Å². The molecule has 0 aromatic heterocycles. The fraction of sp³-hybridized carbons (Fsp3) is 0.381. The quantitative estimate of drug-likeness (QED) is 0.809. The van der Waals surface area contributed by atoms with Crippen LogP contribution in [0.5, 0.6) is 0 Å². The maximum absolute atomic E-state index is 12.8. The van der Waals surface area contributed by atoms with Crippen LogP contribution in [0.3, 0.4) is 0 Å². The SMILES string of the molecule is Cc1cccc(C2(C)CCN([C@@H](C)c3ccccc3)C(=O)C2)c1. The Kier molecular flexibility index (Phi) is 4.25. The number of rotatable bonds is 3. The van der Waals surface area contributed by atoms with Gasteiger partial charge >= 0.3 is 0 Å². The molecule has 0 N–H and O–H groups in total. The van der Waals surface area contributed by atoms with E-state index >= 15 is 0 Å². The van der Waals surface area contributed by atoms with E-state index in [0.717, 1.165) is 13.0 Å². The molecule has 0 aliphatic carbocycles. The number of likely N-dealkylation sites (tertiary alicyclic amines) is 1. The van der Waals surface area contributed by atoms with E-state index in [4.69, 9.17) is 0 Å². The van der Waals surface area contributed by atoms with E-state index in [1.165, 1.54) is 16.7 Å². The maximum atomic E-state index is 12.8. The Hall–Kier alpha value is -2.09. The first-order chi connectivity index (χ1) is 11.0. The van der Waals surface area contributed by atoms with Crippen molar-refractivity contribution in [3.63, 3.8) is 0 Å². The topological polar surface area (TPSA) is 20.3 Å². The van der Waals surface area contributed by atoms with Crippen LogP contribution in [0.25, 0.3) is 0 Å². The highest BCUT2D eigenvalue weighted by atomic mass is 16.2. The molecule has 23 heavy (non-hydrogen) atoms. The van der Waals surface area contributed by atoms with Crippen LogP contribution in [-0.4, -0.2) is 17.4 Å². The molecule has 0 radical (unpaired) electrons.